The van der Waals surface area contributed by atoms with Gasteiger partial charge in [-0.05, 0) is 12.8 Å². The molecule has 2 unspecified atom stereocenters. The standard InChI is InChI=1S/C12H24N2O2/c1-3-5-10(8-13)12(15)14-6-7-16-9-11(14)4-2/h10-11H,3-9,13H2,1-2H3. The summed E-state index contributed by atoms with van der Waals surface area (Å²) >= 11 is 0. The van der Waals surface area contributed by atoms with Gasteiger partial charge in [0.05, 0.1) is 25.2 Å². The number of nitrogens with two attached hydrogens (primary N) is 1. The fourth-order valence-corrected chi connectivity index (χ4v) is 2.21. The van der Waals surface area contributed by atoms with Gasteiger partial charge in [-0.3, -0.25) is 4.79 Å². The highest BCUT2D eigenvalue weighted by Gasteiger charge is 2.29. The molecule has 1 saturated heterocycles. The minimum atomic E-state index is -0.00264. The molecule has 0 aliphatic carbocycles. The van der Waals surface area contributed by atoms with Crippen LogP contribution < -0.4 is 5.73 Å². The van der Waals surface area contributed by atoms with Crippen molar-refractivity contribution < 1.29 is 9.53 Å². The van der Waals surface area contributed by atoms with Gasteiger partial charge in [-0.2, -0.15) is 0 Å². The molecule has 1 rings (SSSR count). The van der Waals surface area contributed by atoms with Crippen molar-refractivity contribution in [3.05, 3.63) is 0 Å². The van der Waals surface area contributed by atoms with Gasteiger partial charge in [-0.25, -0.2) is 0 Å². The van der Waals surface area contributed by atoms with Crippen LogP contribution in [0.3, 0.4) is 0 Å². The van der Waals surface area contributed by atoms with Crippen molar-refractivity contribution in [2.45, 2.75) is 39.2 Å². The molecule has 4 heteroatoms. The number of hydrogen-bond donors (Lipinski definition) is 1. The molecule has 1 amide bonds. The van der Waals surface area contributed by atoms with Gasteiger partial charge in [0.2, 0.25) is 5.91 Å². The van der Waals surface area contributed by atoms with E-state index >= 15 is 0 Å². The fourth-order valence-electron chi connectivity index (χ4n) is 2.21. The third-order valence-corrected chi connectivity index (χ3v) is 3.25. The van der Waals surface area contributed by atoms with Crippen LogP contribution in [0.1, 0.15) is 33.1 Å². The Morgan fingerprint density at radius 1 is 1.56 bits per heavy atom. The largest absolute Gasteiger partial charge is 0.377 e. The molecule has 94 valence electrons. The van der Waals surface area contributed by atoms with Crippen LogP contribution in [0.4, 0.5) is 0 Å². The summed E-state index contributed by atoms with van der Waals surface area (Å²) < 4.78 is 5.40. The van der Waals surface area contributed by atoms with E-state index in [4.69, 9.17) is 10.5 Å². The predicted molar refractivity (Wildman–Crippen MR) is 64.1 cm³/mol. The molecule has 4 nitrogen and oxygen atoms in total. The molecule has 0 aromatic carbocycles. The summed E-state index contributed by atoms with van der Waals surface area (Å²) in [5.74, 6) is 0.219. The maximum atomic E-state index is 12.3. The van der Waals surface area contributed by atoms with Gasteiger partial charge in [0.1, 0.15) is 0 Å². The molecule has 16 heavy (non-hydrogen) atoms. The second-order valence-electron chi connectivity index (χ2n) is 4.39. The Balaban J connectivity index is 2.61. The molecule has 0 saturated carbocycles. The first-order valence-electron chi connectivity index (χ1n) is 6.32. The van der Waals surface area contributed by atoms with Crippen LogP contribution >= 0.6 is 0 Å². The number of amides is 1. The molecule has 1 heterocycles. The average Bonchev–Trinajstić information content (AvgIpc) is 2.35. The van der Waals surface area contributed by atoms with Crippen LogP contribution in [0.15, 0.2) is 0 Å². The molecule has 0 aromatic heterocycles. The van der Waals surface area contributed by atoms with E-state index in [9.17, 15) is 4.79 Å². The van der Waals surface area contributed by atoms with E-state index in [1.807, 2.05) is 4.90 Å². The lowest BCUT2D eigenvalue weighted by Gasteiger charge is -2.37. The lowest BCUT2D eigenvalue weighted by molar-refractivity contribution is -0.144. The number of hydrogen-bond acceptors (Lipinski definition) is 3. The molecule has 2 atom stereocenters. The smallest absolute Gasteiger partial charge is 0.227 e. The number of morpholine rings is 1. The van der Waals surface area contributed by atoms with Crippen molar-refractivity contribution in [2.75, 3.05) is 26.3 Å². The van der Waals surface area contributed by atoms with Gasteiger partial charge in [0.15, 0.2) is 0 Å². The zero-order valence-corrected chi connectivity index (χ0v) is 10.4. The number of carbonyl (C=O) groups excluding carboxylic acids is 1. The third-order valence-electron chi connectivity index (χ3n) is 3.25. The summed E-state index contributed by atoms with van der Waals surface area (Å²) in [5, 5.41) is 0. The van der Waals surface area contributed by atoms with Crippen LogP contribution in [0.25, 0.3) is 0 Å². The number of ether oxygens (including phenoxy) is 1. The Labute approximate surface area is 98.1 Å². The highest BCUT2D eigenvalue weighted by Crippen LogP contribution is 2.16. The molecule has 1 fully saturated rings. The second kappa shape index (κ2) is 6.86. The average molecular weight is 228 g/mol. The van der Waals surface area contributed by atoms with Crippen molar-refractivity contribution in [3.63, 3.8) is 0 Å². The number of rotatable bonds is 5. The Morgan fingerprint density at radius 2 is 2.31 bits per heavy atom. The monoisotopic (exact) mass is 228 g/mol. The Hall–Kier alpha value is -0.610. The van der Waals surface area contributed by atoms with Crippen molar-refractivity contribution in [3.8, 4) is 0 Å². The minimum absolute atomic E-state index is 0.00264. The summed E-state index contributed by atoms with van der Waals surface area (Å²) in [7, 11) is 0. The van der Waals surface area contributed by atoms with Gasteiger partial charge in [0.25, 0.3) is 0 Å². The van der Waals surface area contributed by atoms with E-state index in [-0.39, 0.29) is 17.9 Å². The van der Waals surface area contributed by atoms with Gasteiger partial charge >= 0.3 is 0 Å². The third kappa shape index (κ3) is 3.19. The Kier molecular flexibility index (Phi) is 5.77. The molecule has 0 bridgehead atoms. The molecule has 2 N–H and O–H groups in total. The summed E-state index contributed by atoms with van der Waals surface area (Å²) in [4.78, 5) is 14.2. The Morgan fingerprint density at radius 3 is 2.88 bits per heavy atom. The van der Waals surface area contributed by atoms with Crippen molar-refractivity contribution >= 4 is 5.91 Å². The highest BCUT2D eigenvalue weighted by atomic mass is 16.5. The van der Waals surface area contributed by atoms with E-state index in [1.54, 1.807) is 0 Å². The SMILES string of the molecule is CCCC(CN)C(=O)N1CCOCC1CC. The summed E-state index contributed by atoms with van der Waals surface area (Å²) in [6.07, 6.45) is 2.85. The molecule has 1 aliphatic heterocycles. The second-order valence-corrected chi connectivity index (χ2v) is 4.39. The van der Waals surface area contributed by atoms with Gasteiger partial charge in [-0.15, -0.1) is 0 Å². The van der Waals surface area contributed by atoms with Crippen LogP contribution in [-0.2, 0) is 9.53 Å². The van der Waals surface area contributed by atoms with Gasteiger partial charge < -0.3 is 15.4 Å². The van der Waals surface area contributed by atoms with Crippen molar-refractivity contribution in [1.29, 1.82) is 0 Å². The van der Waals surface area contributed by atoms with Gasteiger partial charge in [-0.1, -0.05) is 20.3 Å². The molecule has 0 spiro atoms. The van der Waals surface area contributed by atoms with E-state index in [1.165, 1.54) is 0 Å². The molecular weight excluding hydrogens is 204 g/mol. The minimum Gasteiger partial charge on any atom is -0.377 e. The highest BCUT2D eigenvalue weighted by molar-refractivity contribution is 5.79. The van der Waals surface area contributed by atoms with Crippen LogP contribution in [0, 0.1) is 5.92 Å². The molecule has 0 radical (unpaired) electrons. The zero-order chi connectivity index (χ0) is 12.0. The number of nitrogens with zero attached hydrogens (tertiary/aromatic N) is 1. The first-order valence-corrected chi connectivity index (χ1v) is 6.32. The molecule has 0 aromatic rings. The first-order chi connectivity index (χ1) is 7.74. The maximum Gasteiger partial charge on any atom is 0.227 e. The lowest BCUT2D eigenvalue weighted by atomic mass is 10.0. The summed E-state index contributed by atoms with van der Waals surface area (Å²) in [6, 6.07) is 0.243. The fraction of sp³-hybridized carbons (Fsp3) is 0.917. The summed E-state index contributed by atoms with van der Waals surface area (Å²) in [6.45, 7) is 6.69. The first kappa shape index (κ1) is 13.5. The maximum absolute atomic E-state index is 12.3. The van der Waals surface area contributed by atoms with E-state index in [0.717, 1.165) is 25.8 Å². The van der Waals surface area contributed by atoms with Crippen molar-refractivity contribution in [2.24, 2.45) is 11.7 Å². The van der Waals surface area contributed by atoms with Crippen LogP contribution in [0.2, 0.25) is 0 Å². The quantitative estimate of drug-likeness (QED) is 0.763. The van der Waals surface area contributed by atoms with E-state index in [2.05, 4.69) is 13.8 Å². The lowest BCUT2D eigenvalue weighted by Crippen LogP contribution is -2.51. The van der Waals surface area contributed by atoms with E-state index < -0.39 is 0 Å². The number of carbonyl (C=O) groups is 1. The van der Waals surface area contributed by atoms with E-state index in [0.29, 0.717) is 19.8 Å². The summed E-state index contributed by atoms with van der Waals surface area (Å²) in [5.41, 5.74) is 5.67. The Bertz CT molecular complexity index is 221. The topological polar surface area (TPSA) is 55.6 Å². The normalized spacial score (nSPS) is 23.2. The van der Waals surface area contributed by atoms with Crippen LogP contribution in [-0.4, -0.2) is 43.2 Å². The predicted octanol–water partition coefficient (Wildman–Crippen LogP) is 0.999. The molecular formula is C12H24N2O2. The van der Waals surface area contributed by atoms with Crippen molar-refractivity contribution in [1.82, 2.24) is 4.90 Å². The molecule has 1 aliphatic rings. The van der Waals surface area contributed by atoms with Gasteiger partial charge in [0, 0.05) is 13.1 Å². The van der Waals surface area contributed by atoms with Crippen LogP contribution in [0.5, 0.6) is 0 Å². The zero-order valence-electron chi connectivity index (χ0n) is 10.4.